The standard InChI is InChI=1S/C20H17ClF4N4O3/c21-13-4-2-12(3-5-13)11-29-17(27-18(31)28(19(29)32)8-1-9-30)26-14-6-7-15(16(22)10-14)20(23,24)25/h2-7,10,30H,1,8-9,11H2,(H,26,27,31). The zero-order valence-electron chi connectivity index (χ0n) is 16.4. The predicted octanol–water partition coefficient (Wildman–Crippen LogP) is 3.39. The molecule has 7 nitrogen and oxygen atoms in total. The van der Waals surface area contributed by atoms with Gasteiger partial charge < -0.3 is 10.4 Å². The maximum atomic E-state index is 13.9. The number of halogens is 5. The minimum Gasteiger partial charge on any atom is -0.396 e. The van der Waals surface area contributed by atoms with Crippen LogP contribution in [0.25, 0.3) is 0 Å². The van der Waals surface area contributed by atoms with Gasteiger partial charge in [-0.2, -0.15) is 18.2 Å². The van der Waals surface area contributed by atoms with E-state index in [0.717, 1.165) is 15.2 Å². The molecule has 0 unspecified atom stereocenters. The third-order valence-electron chi connectivity index (χ3n) is 4.47. The lowest BCUT2D eigenvalue weighted by molar-refractivity contribution is -0.139. The molecule has 0 saturated heterocycles. The number of hydrogen-bond acceptors (Lipinski definition) is 5. The van der Waals surface area contributed by atoms with E-state index in [-0.39, 0.29) is 37.8 Å². The molecule has 0 aliphatic rings. The van der Waals surface area contributed by atoms with Crippen molar-refractivity contribution >= 4 is 23.2 Å². The minimum atomic E-state index is -4.87. The van der Waals surface area contributed by atoms with Crippen molar-refractivity contribution in [1.82, 2.24) is 14.1 Å². The fourth-order valence-corrected chi connectivity index (χ4v) is 3.04. The van der Waals surface area contributed by atoms with Crippen molar-refractivity contribution in [3.8, 4) is 0 Å². The Kier molecular flexibility index (Phi) is 6.99. The van der Waals surface area contributed by atoms with Crippen LogP contribution in [0.1, 0.15) is 17.5 Å². The van der Waals surface area contributed by atoms with E-state index < -0.39 is 28.9 Å². The Morgan fingerprint density at radius 1 is 1.06 bits per heavy atom. The van der Waals surface area contributed by atoms with Crippen molar-refractivity contribution in [3.63, 3.8) is 0 Å². The van der Waals surface area contributed by atoms with Crippen LogP contribution in [0, 0.1) is 5.82 Å². The normalized spacial score (nSPS) is 11.6. The summed E-state index contributed by atoms with van der Waals surface area (Å²) in [5, 5.41) is 12.0. The first-order valence-corrected chi connectivity index (χ1v) is 9.68. The quantitative estimate of drug-likeness (QED) is 0.515. The number of aliphatic hydroxyl groups is 1. The Morgan fingerprint density at radius 2 is 1.75 bits per heavy atom. The summed E-state index contributed by atoms with van der Waals surface area (Å²) in [4.78, 5) is 29.1. The summed E-state index contributed by atoms with van der Waals surface area (Å²) in [5.74, 6) is -1.81. The zero-order valence-corrected chi connectivity index (χ0v) is 17.1. The van der Waals surface area contributed by atoms with Crippen LogP contribution in [0.5, 0.6) is 0 Å². The summed E-state index contributed by atoms with van der Waals surface area (Å²) < 4.78 is 54.3. The predicted molar refractivity (Wildman–Crippen MR) is 110 cm³/mol. The first-order valence-electron chi connectivity index (χ1n) is 9.31. The third kappa shape index (κ3) is 5.35. The molecular weight excluding hydrogens is 456 g/mol. The van der Waals surface area contributed by atoms with Crippen LogP contribution in [0.2, 0.25) is 5.02 Å². The molecule has 0 fully saturated rings. The van der Waals surface area contributed by atoms with E-state index in [1.165, 1.54) is 0 Å². The van der Waals surface area contributed by atoms with E-state index in [1.54, 1.807) is 24.3 Å². The van der Waals surface area contributed by atoms with Crippen molar-refractivity contribution in [1.29, 1.82) is 0 Å². The Bertz CT molecular complexity index is 1220. The van der Waals surface area contributed by atoms with E-state index in [9.17, 15) is 27.2 Å². The Morgan fingerprint density at radius 3 is 2.34 bits per heavy atom. The van der Waals surface area contributed by atoms with Crippen molar-refractivity contribution < 1.29 is 22.7 Å². The molecule has 12 heteroatoms. The van der Waals surface area contributed by atoms with E-state index >= 15 is 0 Å². The highest BCUT2D eigenvalue weighted by Crippen LogP contribution is 2.32. The maximum absolute atomic E-state index is 13.9. The largest absolute Gasteiger partial charge is 0.419 e. The molecule has 1 heterocycles. The smallest absolute Gasteiger partial charge is 0.396 e. The van der Waals surface area contributed by atoms with Crippen molar-refractivity contribution in [2.75, 3.05) is 11.9 Å². The van der Waals surface area contributed by atoms with Gasteiger partial charge in [-0.15, -0.1) is 0 Å². The highest BCUT2D eigenvalue weighted by atomic mass is 35.5. The van der Waals surface area contributed by atoms with E-state index in [2.05, 4.69) is 10.3 Å². The summed E-state index contributed by atoms with van der Waals surface area (Å²) in [5.41, 5.74) is -2.66. The average Bonchev–Trinajstić information content (AvgIpc) is 2.71. The Balaban J connectivity index is 2.05. The lowest BCUT2D eigenvalue weighted by Gasteiger charge is -2.16. The summed E-state index contributed by atoms with van der Waals surface area (Å²) in [6.07, 6.45) is -4.74. The minimum absolute atomic E-state index is 0.0616. The van der Waals surface area contributed by atoms with Crippen LogP contribution in [0.4, 0.5) is 29.2 Å². The zero-order chi connectivity index (χ0) is 23.5. The van der Waals surface area contributed by atoms with Gasteiger partial charge in [-0.3, -0.25) is 4.57 Å². The molecule has 0 bridgehead atoms. The number of hydrogen-bond donors (Lipinski definition) is 2. The molecule has 1 aromatic heterocycles. The molecule has 0 aliphatic heterocycles. The summed E-state index contributed by atoms with van der Waals surface area (Å²) >= 11 is 5.87. The van der Waals surface area contributed by atoms with Gasteiger partial charge in [0.15, 0.2) is 0 Å². The number of benzene rings is 2. The van der Waals surface area contributed by atoms with E-state index in [1.807, 2.05) is 0 Å². The van der Waals surface area contributed by atoms with Crippen molar-refractivity contribution in [2.24, 2.45) is 0 Å². The number of aromatic nitrogens is 3. The second kappa shape index (κ2) is 9.53. The van der Waals surface area contributed by atoms with Crippen LogP contribution in [-0.2, 0) is 19.3 Å². The molecule has 0 amide bonds. The van der Waals surface area contributed by atoms with Gasteiger partial charge >= 0.3 is 17.6 Å². The van der Waals surface area contributed by atoms with Crippen LogP contribution >= 0.6 is 11.6 Å². The Hall–Kier alpha value is -3.18. The molecule has 2 aromatic carbocycles. The van der Waals surface area contributed by atoms with Crippen molar-refractivity contribution in [2.45, 2.75) is 25.7 Å². The highest BCUT2D eigenvalue weighted by molar-refractivity contribution is 6.30. The Labute approximate surface area is 183 Å². The molecule has 0 spiro atoms. The van der Waals surface area contributed by atoms with Gasteiger partial charge in [0.05, 0.1) is 12.1 Å². The van der Waals surface area contributed by atoms with Gasteiger partial charge in [0.1, 0.15) is 5.82 Å². The van der Waals surface area contributed by atoms with Crippen LogP contribution in [-0.4, -0.2) is 25.8 Å². The highest BCUT2D eigenvalue weighted by Gasteiger charge is 2.34. The molecule has 3 aromatic rings. The van der Waals surface area contributed by atoms with Gasteiger partial charge in [-0.25, -0.2) is 18.5 Å². The SMILES string of the molecule is O=c1nc(Nc2ccc(C(F)(F)F)c(F)c2)n(Cc2ccc(Cl)cc2)c(=O)n1CCCO. The number of aliphatic hydroxyl groups excluding tert-OH is 1. The number of rotatable bonds is 7. The second-order valence-corrected chi connectivity index (χ2v) is 7.20. The lowest BCUT2D eigenvalue weighted by atomic mass is 10.2. The monoisotopic (exact) mass is 472 g/mol. The lowest BCUT2D eigenvalue weighted by Crippen LogP contribution is -2.42. The molecule has 0 saturated carbocycles. The van der Waals surface area contributed by atoms with Crippen LogP contribution < -0.4 is 16.7 Å². The summed E-state index contributed by atoms with van der Waals surface area (Å²) in [7, 11) is 0. The number of nitrogens with one attached hydrogen (secondary N) is 1. The van der Waals surface area contributed by atoms with E-state index in [0.29, 0.717) is 22.7 Å². The second-order valence-electron chi connectivity index (χ2n) is 6.76. The molecular formula is C20H17ClF4N4O3. The fraction of sp³-hybridized carbons (Fsp3) is 0.250. The molecule has 0 aliphatic carbocycles. The molecule has 170 valence electrons. The molecule has 32 heavy (non-hydrogen) atoms. The number of anilines is 2. The summed E-state index contributed by atoms with van der Waals surface area (Å²) in [6, 6.07) is 8.56. The maximum Gasteiger partial charge on any atom is 0.419 e. The molecule has 0 atom stereocenters. The van der Waals surface area contributed by atoms with Gasteiger partial charge in [-0.05, 0) is 42.3 Å². The summed E-state index contributed by atoms with van der Waals surface area (Å²) in [6.45, 7) is -0.404. The molecule has 3 rings (SSSR count). The molecule has 0 radical (unpaired) electrons. The number of alkyl halides is 3. The first kappa shape index (κ1) is 23.5. The van der Waals surface area contributed by atoms with Gasteiger partial charge in [0, 0.05) is 23.9 Å². The molecule has 2 N–H and O–H groups in total. The average molecular weight is 473 g/mol. The van der Waals surface area contributed by atoms with E-state index in [4.69, 9.17) is 16.7 Å². The van der Waals surface area contributed by atoms with Gasteiger partial charge in [0.2, 0.25) is 5.95 Å². The fourth-order valence-electron chi connectivity index (χ4n) is 2.91. The number of nitrogens with zero attached hydrogens (tertiary/aromatic N) is 3. The third-order valence-corrected chi connectivity index (χ3v) is 4.73. The van der Waals surface area contributed by atoms with Gasteiger partial charge in [0.25, 0.3) is 0 Å². The topological polar surface area (TPSA) is 89.2 Å². The van der Waals surface area contributed by atoms with Gasteiger partial charge in [-0.1, -0.05) is 23.7 Å². The first-order chi connectivity index (χ1) is 15.1. The van der Waals surface area contributed by atoms with Crippen LogP contribution in [0.3, 0.4) is 0 Å². The van der Waals surface area contributed by atoms with Crippen molar-refractivity contribution in [3.05, 3.63) is 85.4 Å². The van der Waals surface area contributed by atoms with Crippen LogP contribution in [0.15, 0.2) is 52.1 Å².